The second-order valence-corrected chi connectivity index (χ2v) is 4.85. The largest absolute Gasteiger partial charge is 0.265 e. The van der Waals surface area contributed by atoms with Gasteiger partial charge in [0.05, 0.1) is 0 Å². The quantitative estimate of drug-likeness (QED) is 0.751. The van der Waals surface area contributed by atoms with Crippen LogP contribution in [-0.2, 0) is 12.8 Å². The summed E-state index contributed by atoms with van der Waals surface area (Å²) in [5, 5.41) is 0. The molecule has 0 fully saturated rings. The van der Waals surface area contributed by atoms with Gasteiger partial charge in [-0.05, 0) is 60.4 Å². The highest BCUT2D eigenvalue weighted by atomic mass is 14.6. The Kier molecular flexibility index (Phi) is 5.14. The molecule has 19 heavy (non-hydrogen) atoms. The van der Waals surface area contributed by atoms with Crippen LogP contribution < -0.4 is 0 Å². The van der Waals surface area contributed by atoms with Crippen LogP contribution in [0.5, 0.6) is 0 Å². The highest BCUT2D eigenvalue weighted by molar-refractivity contribution is 5.33. The molecule has 1 aliphatic rings. The molecular formula is C18H23N. The molecule has 0 N–H and O–H groups in total. The van der Waals surface area contributed by atoms with Gasteiger partial charge < -0.3 is 0 Å². The van der Waals surface area contributed by atoms with Gasteiger partial charge in [-0.3, -0.25) is 4.98 Å². The Morgan fingerprint density at radius 3 is 2.58 bits per heavy atom. The summed E-state index contributed by atoms with van der Waals surface area (Å²) in [6.07, 6.45) is 8.84. The summed E-state index contributed by atoms with van der Waals surface area (Å²) < 4.78 is 0. The predicted molar refractivity (Wildman–Crippen MR) is 81.4 cm³/mol. The Labute approximate surface area is 116 Å². The van der Waals surface area contributed by atoms with Gasteiger partial charge >= 0.3 is 0 Å². The average Bonchev–Trinajstić information content (AvgIpc) is 2.51. The second kappa shape index (κ2) is 7.08. The molecule has 0 bridgehead atoms. The topological polar surface area (TPSA) is 12.9 Å². The van der Waals surface area contributed by atoms with Gasteiger partial charge in [0.25, 0.3) is 0 Å². The zero-order chi connectivity index (χ0) is 13.5. The molecule has 1 nitrogen and oxygen atoms in total. The highest BCUT2D eigenvalue weighted by Crippen LogP contribution is 2.33. The fraction of sp³-hybridized carbons (Fsp3) is 0.389. The standard InChI is InChI=1S/C16H17N.C2H6/c1-2-7-16-14(4-1)5-3-6-15(16)12-13-8-10-17-11-9-13;1-2/h1-2,4,7-11,15H,3,5-6,12H2;1-2H3. The van der Waals surface area contributed by atoms with E-state index in [-0.39, 0.29) is 0 Å². The van der Waals surface area contributed by atoms with Crippen LogP contribution in [0.25, 0.3) is 0 Å². The molecule has 1 unspecified atom stereocenters. The Morgan fingerprint density at radius 2 is 1.79 bits per heavy atom. The van der Waals surface area contributed by atoms with E-state index in [0.717, 1.165) is 6.42 Å². The van der Waals surface area contributed by atoms with Crippen LogP contribution in [-0.4, -0.2) is 4.98 Å². The Hall–Kier alpha value is -1.63. The molecule has 2 aromatic rings. The van der Waals surface area contributed by atoms with Crippen molar-refractivity contribution in [2.24, 2.45) is 0 Å². The summed E-state index contributed by atoms with van der Waals surface area (Å²) in [5.74, 6) is 0.697. The van der Waals surface area contributed by atoms with Gasteiger partial charge in [0.1, 0.15) is 0 Å². The lowest BCUT2D eigenvalue weighted by atomic mass is 9.80. The third-order valence-corrected chi connectivity index (χ3v) is 3.73. The van der Waals surface area contributed by atoms with Gasteiger partial charge in [0, 0.05) is 12.4 Å². The maximum atomic E-state index is 4.08. The first-order chi connectivity index (χ1) is 9.43. The average molecular weight is 253 g/mol. The SMILES string of the molecule is CC.c1ccc2c(c1)CCCC2Cc1ccncc1. The minimum atomic E-state index is 0.697. The Balaban J connectivity index is 0.000000637. The first-order valence-electron chi connectivity index (χ1n) is 7.40. The normalized spacial score (nSPS) is 17.1. The molecule has 0 saturated carbocycles. The predicted octanol–water partition coefficient (Wildman–Crippen LogP) is 4.77. The van der Waals surface area contributed by atoms with Crippen molar-refractivity contribution in [3.8, 4) is 0 Å². The molecule has 1 heterocycles. The summed E-state index contributed by atoms with van der Waals surface area (Å²) >= 11 is 0. The van der Waals surface area contributed by atoms with Crippen LogP contribution >= 0.6 is 0 Å². The summed E-state index contributed by atoms with van der Waals surface area (Å²) in [6.45, 7) is 4.00. The summed E-state index contributed by atoms with van der Waals surface area (Å²) in [7, 11) is 0. The number of pyridine rings is 1. The molecule has 1 atom stereocenters. The number of aryl methyl sites for hydroxylation is 1. The van der Waals surface area contributed by atoms with E-state index in [1.165, 1.54) is 24.8 Å². The van der Waals surface area contributed by atoms with Gasteiger partial charge in [0.15, 0.2) is 0 Å². The fourth-order valence-corrected chi connectivity index (χ4v) is 2.87. The van der Waals surface area contributed by atoms with E-state index >= 15 is 0 Å². The number of hydrogen-bond donors (Lipinski definition) is 0. The number of nitrogens with zero attached hydrogens (tertiary/aromatic N) is 1. The van der Waals surface area contributed by atoms with Gasteiger partial charge in [0.2, 0.25) is 0 Å². The number of hydrogen-bond acceptors (Lipinski definition) is 1. The molecular weight excluding hydrogens is 230 g/mol. The van der Waals surface area contributed by atoms with Crippen molar-refractivity contribution >= 4 is 0 Å². The third-order valence-electron chi connectivity index (χ3n) is 3.73. The molecule has 0 saturated heterocycles. The maximum absolute atomic E-state index is 4.08. The third kappa shape index (κ3) is 3.44. The van der Waals surface area contributed by atoms with Crippen molar-refractivity contribution in [3.63, 3.8) is 0 Å². The van der Waals surface area contributed by atoms with Crippen LogP contribution in [0.4, 0.5) is 0 Å². The Bertz CT molecular complexity index is 490. The van der Waals surface area contributed by atoms with Crippen molar-refractivity contribution in [3.05, 3.63) is 65.5 Å². The molecule has 3 rings (SSSR count). The zero-order valence-electron chi connectivity index (χ0n) is 12.0. The lowest BCUT2D eigenvalue weighted by Gasteiger charge is -2.25. The van der Waals surface area contributed by atoms with Gasteiger partial charge in [-0.1, -0.05) is 38.1 Å². The minimum Gasteiger partial charge on any atom is -0.265 e. The van der Waals surface area contributed by atoms with Crippen LogP contribution in [0.1, 0.15) is 49.3 Å². The molecule has 100 valence electrons. The summed E-state index contributed by atoms with van der Waals surface area (Å²) in [4.78, 5) is 4.08. The highest BCUT2D eigenvalue weighted by Gasteiger charge is 2.19. The zero-order valence-corrected chi connectivity index (χ0v) is 12.0. The maximum Gasteiger partial charge on any atom is 0.0270 e. The number of rotatable bonds is 2. The van der Waals surface area contributed by atoms with Crippen molar-refractivity contribution in [1.82, 2.24) is 4.98 Å². The van der Waals surface area contributed by atoms with Crippen molar-refractivity contribution < 1.29 is 0 Å². The van der Waals surface area contributed by atoms with Crippen molar-refractivity contribution in [2.45, 2.75) is 45.4 Å². The molecule has 0 spiro atoms. The lowest BCUT2D eigenvalue weighted by molar-refractivity contribution is 0.550. The molecule has 0 radical (unpaired) electrons. The van der Waals surface area contributed by atoms with E-state index in [2.05, 4.69) is 41.4 Å². The summed E-state index contributed by atoms with van der Waals surface area (Å²) in [5.41, 5.74) is 4.52. The van der Waals surface area contributed by atoms with Crippen LogP contribution in [0.2, 0.25) is 0 Å². The number of benzene rings is 1. The smallest absolute Gasteiger partial charge is 0.0270 e. The van der Waals surface area contributed by atoms with Crippen LogP contribution in [0.3, 0.4) is 0 Å². The molecule has 0 aliphatic heterocycles. The van der Waals surface area contributed by atoms with E-state index in [1.54, 1.807) is 11.1 Å². The molecule has 1 aromatic carbocycles. The van der Waals surface area contributed by atoms with Crippen LogP contribution in [0, 0.1) is 0 Å². The van der Waals surface area contributed by atoms with E-state index in [9.17, 15) is 0 Å². The minimum absolute atomic E-state index is 0.697. The fourth-order valence-electron chi connectivity index (χ4n) is 2.87. The molecule has 1 heteroatoms. The monoisotopic (exact) mass is 253 g/mol. The van der Waals surface area contributed by atoms with Gasteiger partial charge in [-0.2, -0.15) is 0 Å². The first kappa shape index (κ1) is 13.8. The van der Waals surface area contributed by atoms with E-state index < -0.39 is 0 Å². The van der Waals surface area contributed by atoms with Crippen molar-refractivity contribution in [1.29, 1.82) is 0 Å². The van der Waals surface area contributed by atoms with E-state index in [4.69, 9.17) is 0 Å². The summed E-state index contributed by atoms with van der Waals surface area (Å²) in [6, 6.07) is 13.2. The van der Waals surface area contributed by atoms with Crippen LogP contribution in [0.15, 0.2) is 48.8 Å². The lowest BCUT2D eigenvalue weighted by Crippen LogP contribution is -2.11. The van der Waals surface area contributed by atoms with E-state index in [1.807, 2.05) is 26.2 Å². The van der Waals surface area contributed by atoms with Crippen molar-refractivity contribution in [2.75, 3.05) is 0 Å². The van der Waals surface area contributed by atoms with Gasteiger partial charge in [-0.15, -0.1) is 0 Å². The molecule has 1 aliphatic carbocycles. The first-order valence-corrected chi connectivity index (χ1v) is 7.40. The second-order valence-electron chi connectivity index (χ2n) is 4.85. The van der Waals surface area contributed by atoms with E-state index in [0.29, 0.717) is 5.92 Å². The Morgan fingerprint density at radius 1 is 1.05 bits per heavy atom. The number of aromatic nitrogens is 1. The number of fused-ring (bicyclic) bond motifs is 1. The molecule has 0 amide bonds. The van der Waals surface area contributed by atoms with Gasteiger partial charge in [-0.25, -0.2) is 0 Å². The molecule has 1 aromatic heterocycles.